The van der Waals surface area contributed by atoms with E-state index >= 15 is 0 Å². The minimum Gasteiger partial charge on any atom is -0.478 e. The van der Waals surface area contributed by atoms with Crippen LogP contribution in [0.1, 0.15) is 43.1 Å². The van der Waals surface area contributed by atoms with Crippen LogP contribution >= 0.6 is 0 Å². The summed E-state index contributed by atoms with van der Waals surface area (Å²) in [7, 11) is 0. The fourth-order valence-electron chi connectivity index (χ4n) is 1.50. The van der Waals surface area contributed by atoms with Gasteiger partial charge in [-0.05, 0) is 35.6 Å². The smallest absolute Gasteiger partial charge is 0.328 e. The van der Waals surface area contributed by atoms with Crippen molar-refractivity contribution >= 4 is 18.0 Å². The van der Waals surface area contributed by atoms with Crippen molar-refractivity contribution in [2.45, 2.75) is 27.2 Å². The molecule has 4 nitrogen and oxygen atoms in total. The highest BCUT2D eigenvalue weighted by Crippen LogP contribution is 2.18. The van der Waals surface area contributed by atoms with Gasteiger partial charge in [-0.15, -0.1) is 0 Å². The van der Waals surface area contributed by atoms with E-state index in [0.29, 0.717) is 17.7 Å². The first-order valence-electron chi connectivity index (χ1n) is 6.63. The Morgan fingerprint density at radius 1 is 1.35 bits per heavy atom. The molecule has 0 atom stereocenters. The summed E-state index contributed by atoms with van der Waals surface area (Å²) in [6.45, 7) is 6.89. The number of nitrogens with one attached hydrogen (secondary N) is 1. The predicted octanol–water partition coefficient (Wildman–Crippen LogP) is 2.95. The summed E-state index contributed by atoms with van der Waals surface area (Å²) in [5, 5.41) is 11.5. The highest BCUT2D eigenvalue weighted by Gasteiger charge is 2.16. The topological polar surface area (TPSA) is 66.4 Å². The molecule has 0 aliphatic heterocycles. The molecular weight excluding hydrogens is 254 g/mol. The summed E-state index contributed by atoms with van der Waals surface area (Å²) < 4.78 is 0. The summed E-state index contributed by atoms with van der Waals surface area (Å²) in [5.41, 5.74) is 1.29. The van der Waals surface area contributed by atoms with E-state index in [4.69, 9.17) is 5.11 Å². The van der Waals surface area contributed by atoms with E-state index in [-0.39, 0.29) is 11.3 Å². The van der Waals surface area contributed by atoms with Crippen molar-refractivity contribution in [2.75, 3.05) is 6.54 Å². The van der Waals surface area contributed by atoms with Crippen LogP contribution in [-0.4, -0.2) is 23.5 Å². The van der Waals surface area contributed by atoms with Gasteiger partial charge in [-0.3, -0.25) is 4.79 Å². The molecule has 2 N–H and O–H groups in total. The molecular formula is C16H21NO3. The molecule has 0 saturated heterocycles. The van der Waals surface area contributed by atoms with Crippen molar-refractivity contribution < 1.29 is 14.7 Å². The van der Waals surface area contributed by atoms with E-state index in [2.05, 4.69) is 26.1 Å². The zero-order valence-corrected chi connectivity index (χ0v) is 12.1. The van der Waals surface area contributed by atoms with Gasteiger partial charge in [0.15, 0.2) is 0 Å². The number of benzene rings is 1. The Hall–Kier alpha value is -2.10. The summed E-state index contributed by atoms with van der Waals surface area (Å²) in [4.78, 5) is 22.5. The number of rotatable bonds is 6. The first-order chi connectivity index (χ1) is 9.34. The van der Waals surface area contributed by atoms with Gasteiger partial charge in [-0.1, -0.05) is 32.9 Å². The molecule has 108 valence electrons. The van der Waals surface area contributed by atoms with Gasteiger partial charge < -0.3 is 10.4 Å². The van der Waals surface area contributed by atoms with Crippen LogP contribution in [0.5, 0.6) is 0 Å². The lowest BCUT2D eigenvalue weighted by atomic mass is 9.90. The molecule has 0 bridgehead atoms. The van der Waals surface area contributed by atoms with Crippen LogP contribution in [0.3, 0.4) is 0 Å². The lowest BCUT2D eigenvalue weighted by Crippen LogP contribution is -2.33. The van der Waals surface area contributed by atoms with E-state index in [0.717, 1.165) is 12.5 Å². The largest absolute Gasteiger partial charge is 0.478 e. The number of carboxylic acid groups (broad SMARTS) is 1. The van der Waals surface area contributed by atoms with Crippen molar-refractivity contribution in [3.05, 3.63) is 41.5 Å². The van der Waals surface area contributed by atoms with E-state index in [1.54, 1.807) is 24.3 Å². The zero-order valence-electron chi connectivity index (χ0n) is 12.1. The molecule has 4 heteroatoms. The average molecular weight is 275 g/mol. The van der Waals surface area contributed by atoms with Crippen LogP contribution in [-0.2, 0) is 4.79 Å². The first kappa shape index (κ1) is 16.0. The number of hydrogen-bond donors (Lipinski definition) is 2. The van der Waals surface area contributed by atoms with Crippen LogP contribution < -0.4 is 5.32 Å². The van der Waals surface area contributed by atoms with E-state index in [1.165, 1.54) is 6.08 Å². The molecule has 0 aromatic heterocycles. The van der Waals surface area contributed by atoms with Crippen LogP contribution in [0.25, 0.3) is 6.08 Å². The Balaban J connectivity index is 2.74. The maximum Gasteiger partial charge on any atom is 0.328 e. The van der Waals surface area contributed by atoms with Gasteiger partial charge in [0.25, 0.3) is 5.91 Å². The zero-order chi connectivity index (χ0) is 15.2. The number of amides is 1. The summed E-state index contributed by atoms with van der Waals surface area (Å²) in [6, 6.07) is 6.88. The molecule has 0 heterocycles. The maximum atomic E-state index is 12.0. The molecule has 0 fully saturated rings. The van der Waals surface area contributed by atoms with E-state index in [9.17, 15) is 9.59 Å². The number of hydrogen-bond acceptors (Lipinski definition) is 2. The monoisotopic (exact) mass is 275 g/mol. The molecule has 0 aliphatic rings. The number of carboxylic acids is 1. The number of carbonyl (C=O) groups is 2. The summed E-state index contributed by atoms with van der Waals surface area (Å²) >= 11 is 0. The second kappa shape index (κ2) is 6.89. The Morgan fingerprint density at radius 2 is 2.05 bits per heavy atom. The van der Waals surface area contributed by atoms with Gasteiger partial charge in [0.1, 0.15) is 0 Å². The minimum absolute atomic E-state index is 0.0660. The first-order valence-corrected chi connectivity index (χ1v) is 6.63. The van der Waals surface area contributed by atoms with E-state index in [1.807, 2.05) is 0 Å². The molecule has 1 amide bonds. The average Bonchev–Trinajstić information content (AvgIpc) is 2.43. The third-order valence-electron chi connectivity index (χ3n) is 3.25. The number of aliphatic carboxylic acids is 1. The summed E-state index contributed by atoms with van der Waals surface area (Å²) in [5.74, 6) is -1.15. The minimum atomic E-state index is -1.01. The Morgan fingerprint density at radius 3 is 2.65 bits per heavy atom. The highest BCUT2D eigenvalue weighted by atomic mass is 16.4. The van der Waals surface area contributed by atoms with Crippen LogP contribution in [0.2, 0.25) is 0 Å². The van der Waals surface area contributed by atoms with Crippen molar-refractivity contribution in [2.24, 2.45) is 5.41 Å². The Kier molecular flexibility index (Phi) is 5.50. The fourth-order valence-corrected chi connectivity index (χ4v) is 1.50. The van der Waals surface area contributed by atoms with Crippen LogP contribution in [0.15, 0.2) is 30.3 Å². The quantitative estimate of drug-likeness (QED) is 0.784. The molecule has 1 aromatic rings. The van der Waals surface area contributed by atoms with Gasteiger partial charge in [-0.2, -0.15) is 0 Å². The molecule has 0 spiro atoms. The SMILES string of the molecule is CCC(C)(C)CNC(=O)c1cccc(/C=C/C(=O)O)c1. The molecule has 1 rings (SSSR count). The lowest BCUT2D eigenvalue weighted by molar-refractivity contribution is -0.131. The van der Waals surface area contributed by atoms with Crippen LogP contribution in [0.4, 0.5) is 0 Å². The number of carbonyl (C=O) groups excluding carboxylic acids is 1. The molecule has 20 heavy (non-hydrogen) atoms. The lowest BCUT2D eigenvalue weighted by Gasteiger charge is -2.22. The normalized spacial score (nSPS) is 11.6. The summed E-state index contributed by atoms with van der Waals surface area (Å²) in [6.07, 6.45) is 3.50. The van der Waals surface area contributed by atoms with Crippen LogP contribution in [0, 0.1) is 5.41 Å². The predicted molar refractivity (Wildman–Crippen MR) is 79.5 cm³/mol. The third-order valence-corrected chi connectivity index (χ3v) is 3.25. The van der Waals surface area contributed by atoms with Crippen molar-refractivity contribution in [3.8, 4) is 0 Å². The molecule has 0 radical (unpaired) electrons. The molecule has 0 unspecified atom stereocenters. The molecule has 1 aromatic carbocycles. The third kappa shape index (κ3) is 5.26. The van der Waals surface area contributed by atoms with Crippen molar-refractivity contribution in [1.82, 2.24) is 5.32 Å². The maximum absolute atomic E-state index is 12.0. The van der Waals surface area contributed by atoms with Gasteiger partial charge in [0.2, 0.25) is 0 Å². The van der Waals surface area contributed by atoms with Gasteiger partial charge in [0, 0.05) is 18.2 Å². The molecule has 0 aliphatic carbocycles. The molecule has 0 saturated carbocycles. The second-order valence-corrected chi connectivity index (χ2v) is 5.50. The van der Waals surface area contributed by atoms with Crippen molar-refractivity contribution in [3.63, 3.8) is 0 Å². The van der Waals surface area contributed by atoms with Gasteiger partial charge >= 0.3 is 5.97 Å². The van der Waals surface area contributed by atoms with Crippen molar-refractivity contribution in [1.29, 1.82) is 0 Å². The standard InChI is InChI=1S/C16H21NO3/c1-4-16(2,3)11-17-15(20)13-7-5-6-12(10-13)8-9-14(18)19/h5-10H,4,11H2,1-3H3,(H,17,20)(H,18,19)/b9-8+. The van der Waals surface area contributed by atoms with Gasteiger partial charge in [-0.25, -0.2) is 4.79 Å². The fraction of sp³-hybridized carbons (Fsp3) is 0.375. The second-order valence-electron chi connectivity index (χ2n) is 5.50. The van der Waals surface area contributed by atoms with Gasteiger partial charge in [0.05, 0.1) is 0 Å². The highest BCUT2D eigenvalue weighted by molar-refractivity contribution is 5.95. The Bertz CT molecular complexity index is 518. The Labute approximate surface area is 119 Å². The van der Waals surface area contributed by atoms with E-state index < -0.39 is 5.97 Å².